The Morgan fingerprint density at radius 1 is 0.750 bits per heavy atom. The highest BCUT2D eigenvalue weighted by molar-refractivity contribution is 6.12. The summed E-state index contributed by atoms with van der Waals surface area (Å²) in [5.74, 6) is 1.85. The number of guanidine groups is 2. The SMILES string of the molecule is NC(N)=N/N=C1\C2CC3C[C@@H]1C[C@H](C3)/C2=N/N=C(N)N. The largest absolute Gasteiger partial charge is 0.369 e. The second-order valence-corrected chi connectivity index (χ2v) is 5.85. The summed E-state index contributed by atoms with van der Waals surface area (Å²) in [4.78, 5) is 0. The molecule has 0 heterocycles. The standard InChI is InChI=1S/C12H20N8/c13-11(14)19-17-9-6-1-5-2-7(4-6)10(8(9)3-5)18-20-12(15)16/h5-8H,1-4H2,(H4,13,14,19)(H4,15,16,20)/b17-9-,18-10-/t5?,6-,7+,8?. The Morgan fingerprint density at radius 3 is 1.70 bits per heavy atom. The molecule has 4 saturated carbocycles. The van der Waals surface area contributed by atoms with E-state index in [1.807, 2.05) is 0 Å². The Balaban J connectivity index is 1.95. The fraction of sp³-hybridized carbons (Fsp3) is 0.667. The van der Waals surface area contributed by atoms with Gasteiger partial charge in [-0.1, -0.05) is 0 Å². The first-order valence-electron chi connectivity index (χ1n) is 6.87. The van der Waals surface area contributed by atoms with Crippen LogP contribution in [0.1, 0.15) is 25.7 Å². The molecular weight excluding hydrogens is 256 g/mol. The normalized spacial score (nSPS) is 38.2. The predicted molar refractivity (Wildman–Crippen MR) is 78.9 cm³/mol. The minimum absolute atomic E-state index is 0.0194. The first-order valence-corrected chi connectivity index (χ1v) is 6.87. The predicted octanol–water partition coefficient (Wildman–Crippen LogP) is -0.689. The van der Waals surface area contributed by atoms with E-state index >= 15 is 0 Å². The van der Waals surface area contributed by atoms with Gasteiger partial charge in [-0.2, -0.15) is 10.2 Å². The van der Waals surface area contributed by atoms with Crippen molar-refractivity contribution in [3.05, 3.63) is 0 Å². The molecule has 0 aliphatic heterocycles. The molecule has 8 nitrogen and oxygen atoms in total. The molecule has 0 aromatic rings. The zero-order valence-electron chi connectivity index (χ0n) is 11.2. The Bertz CT molecular complexity index is 480. The van der Waals surface area contributed by atoms with E-state index in [-0.39, 0.29) is 17.8 Å². The molecule has 0 aromatic carbocycles. The molecular formula is C12H20N8. The second kappa shape index (κ2) is 4.77. The summed E-state index contributed by atoms with van der Waals surface area (Å²) < 4.78 is 0. The molecule has 20 heavy (non-hydrogen) atoms. The van der Waals surface area contributed by atoms with E-state index in [4.69, 9.17) is 22.9 Å². The van der Waals surface area contributed by atoms with Gasteiger partial charge in [-0.3, -0.25) is 0 Å². The van der Waals surface area contributed by atoms with E-state index in [1.54, 1.807) is 0 Å². The van der Waals surface area contributed by atoms with Crippen LogP contribution < -0.4 is 22.9 Å². The monoisotopic (exact) mass is 276 g/mol. The minimum atomic E-state index is -0.0194. The number of hydrogen-bond acceptors (Lipinski definition) is 4. The molecule has 0 saturated heterocycles. The minimum Gasteiger partial charge on any atom is -0.369 e. The lowest BCUT2D eigenvalue weighted by Gasteiger charge is -2.50. The molecule has 0 radical (unpaired) electrons. The van der Waals surface area contributed by atoms with Gasteiger partial charge in [0.1, 0.15) is 0 Å². The Hall–Kier alpha value is -2.12. The molecule has 0 aromatic heterocycles. The maximum atomic E-state index is 5.36. The summed E-state index contributed by atoms with van der Waals surface area (Å²) in [6.07, 6.45) is 4.46. The van der Waals surface area contributed by atoms with Gasteiger partial charge in [0.25, 0.3) is 0 Å². The van der Waals surface area contributed by atoms with E-state index in [0.29, 0.717) is 11.8 Å². The third-order valence-corrected chi connectivity index (χ3v) is 4.49. The van der Waals surface area contributed by atoms with Crippen molar-refractivity contribution in [2.75, 3.05) is 0 Å². The molecule has 4 atom stereocenters. The van der Waals surface area contributed by atoms with Crippen LogP contribution in [-0.2, 0) is 0 Å². The molecule has 8 heteroatoms. The molecule has 108 valence electrons. The highest BCUT2D eigenvalue weighted by Crippen LogP contribution is 2.51. The van der Waals surface area contributed by atoms with Gasteiger partial charge in [-0.25, -0.2) is 0 Å². The number of rotatable bonds is 2. The molecule has 4 fully saturated rings. The maximum absolute atomic E-state index is 5.36. The van der Waals surface area contributed by atoms with Crippen molar-refractivity contribution in [2.45, 2.75) is 25.7 Å². The lowest BCUT2D eigenvalue weighted by molar-refractivity contribution is 0.199. The Kier molecular flexibility index (Phi) is 3.07. The Morgan fingerprint density at radius 2 is 1.25 bits per heavy atom. The van der Waals surface area contributed by atoms with Crippen LogP contribution in [-0.4, -0.2) is 23.3 Å². The van der Waals surface area contributed by atoms with Crippen LogP contribution in [0.4, 0.5) is 0 Å². The van der Waals surface area contributed by atoms with E-state index in [1.165, 1.54) is 12.8 Å². The summed E-state index contributed by atoms with van der Waals surface area (Å²) in [7, 11) is 0. The van der Waals surface area contributed by atoms with Crippen LogP contribution in [0.3, 0.4) is 0 Å². The van der Waals surface area contributed by atoms with Crippen LogP contribution in [0.25, 0.3) is 0 Å². The van der Waals surface area contributed by atoms with E-state index in [2.05, 4.69) is 20.4 Å². The van der Waals surface area contributed by atoms with Crippen LogP contribution in [0.2, 0.25) is 0 Å². The number of nitrogens with zero attached hydrogens (tertiary/aromatic N) is 4. The molecule has 2 unspecified atom stereocenters. The number of hydrogen-bond donors (Lipinski definition) is 4. The fourth-order valence-corrected chi connectivity index (χ4v) is 3.94. The van der Waals surface area contributed by atoms with Crippen molar-refractivity contribution in [1.82, 2.24) is 0 Å². The second-order valence-electron chi connectivity index (χ2n) is 5.85. The van der Waals surface area contributed by atoms with Crippen molar-refractivity contribution >= 4 is 23.3 Å². The average molecular weight is 276 g/mol. The summed E-state index contributed by atoms with van der Waals surface area (Å²) in [6, 6.07) is 0. The van der Waals surface area contributed by atoms with Gasteiger partial charge in [-0.05, 0) is 31.6 Å². The summed E-state index contributed by atoms with van der Waals surface area (Å²) >= 11 is 0. The summed E-state index contributed by atoms with van der Waals surface area (Å²) in [5, 5.41) is 16.2. The van der Waals surface area contributed by atoms with Gasteiger partial charge in [-0.15, -0.1) is 10.2 Å². The first kappa shape index (κ1) is 12.9. The van der Waals surface area contributed by atoms with Crippen molar-refractivity contribution in [3.63, 3.8) is 0 Å². The van der Waals surface area contributed by atoms with Gasteiger partial charge in [0, 0.05) is 17.8 Å². The molecule has 0 spiro atoms. The highest BCUT2D eigenvalue weighted by Gasteiger charge is 2.50. The third kappa shape index (κ3) is 2.21. The molecule has 0 amide bonds. The first-order chi connectivity index (χ1) is 9.54. The summed E-state index contributed by atoms with van der Waals surface area (Å²) in [5.41, 5.74) is 23.5. The molecule has 4 aliphatic rings. The quantitative estimate of drug-likeness (QED) is 0.299. The topological polar surface area (TPSA) is 154 Å². The maximum Gasteiger partial charge on any atom is 0.211 e. The van der Waals surface area contributed by atoms with Crippen molar-refractivity contribution in [1.29, 1.82) is 0 Å². The van der Waals surface area contributed by atoms with Crippen LogP contribution in [0.5, 0.6) is 0 Å². The van der Waals surface area contributed by atoms with Crippen LogP contribution in [0, 0.1) is 23.7 Å². The van der Waals surface area contributed by atoms with Gasteiger partial charge in [0.05, 0.1) is 11.4 Å². The van der Waals surface area contributed by atoms with E-state index in [0.717, 1.165) is 30.2 Å². The van der Waals surface area contributed by atoms with E-state index < -0.39 is 0 Å². The lowest BCUT2D eigenvalue weighted by Crippen LogP contribution is -2.51. The fourth-order valence-electron chi connectivity index (χ4n) is 3.94. The van der Waals surface area contributed by atoms with Gasteiger partial charge >= 0.3 is 0 Å². The summed E-state index contributed by atoms with van der Waals surface area (Å²) in [6.45, 7) is 0. The lowest BCUT2D eigenvalue weighted by atomic mass is 9.54. The van der Waals surface area contributed by atoms with Crippen LogP contribution >= 0.6 is 0 Å². The molecule has 4 aliphatic carbocycles. The zero-order valence-corrected chi connectivity index (χ0v) is 11.2. The third-order valence-electron chi connectivity index (χ3n) is 4.49. The van der Waals surface area contributed by atoms with Gasteiger partial charge in [0.2, 0.25) is 11.9 Å². The van der Waals surface area contributed by atoms with Gasteiger partial charge < -0.3 is 22.9 Å². The molecule has 4 bridgehead atoms. The van der Waals surface area contributed by atoms with Crippen molar-refractivity contribution < 1.29 is 0 Å². The van der Waals surface area contributed by atoms with Crippen molar-refractivity contribution in [2.24, 2.45) is 67.0 Å². The zero-order chi connectivity index (χ0) is 14.3. The molecule has 4 rings (SSSR count). The highest BCUT2D eigenvalue weighted by atomic mass is 15.3. The van der Waals surface area contributed by atoms with Crippen LogP contribution in [0.15, 0.2) is 20.4 Å². The Labute approximate surface area is 117 Å². The molecule has 8 N–H and O–H groups in total. The smallest absolute Gasteiger partial charge is 0.211 e. The van der Waals surface area contributed by atoms with Crippen molar-refractivity contribution in [3.8, 4) is 0 Å². The average Bonchev–Trinajstić information content (AvgIpc) is 2.36. The number of nitrogens with two attached hydrogens (primary N) is 4. The van der Waals surface area contributed by atoms with E-state index in [9.17, 15) is 0 Å². The van der Waals surface area contributed by atoms with Gasteiger partial charge in [0.15, 0.2) is 0 Å².